The third kappa shape index (κ3) is 5.21. The minimum atomic E-state index is -0.355. The number of carbonyl (C=O) groups excluding carboxylic acids is 1. The van der Waals surface area contributed by atoms with Crippen molar-refractivity contribution < 1.29 is 13.9 Å². The van der Waals surface area contributed by atoms with Gasteiger partial charge in [0, 0.05) is 44.9 Å². The molecular formula is C28H30FN5O3S2. The lowest BCUT2D eigenvalue weighted by atomic mass is 10.0. The van der Waals surface area contributed by atoms with Crippen LogP contribution in [0, 0.1) is 24.1 Å². The first kappa shape index (κ1) is 27.4. The maximum Gasteiger partial charge on any atom is 0.270 e. The maximum atomic E-state index is 14.4. The summed E-state index contributed by atoms with van der Waals surface area (Å²) < 4.78 is 22.2. The van der Waals surface area contributed by atoms with Crippen LogP contribution in [0.2, 0.25) is 0 Å². The SMILES string of the molecule is CCn1c(N2CCN(c3ccccc3F)CC2)c(/C=C2/SC(=S)N(CC3CCCO3)C2=O)c(C)c(C#N)c1=O. The molecule has 3 saturated heterocycles. The number of halogens is 1. The predicted molar refractivity (Wildman–Crippen MR) is 156 cm³/mol. The second-order valence-electron chi connectivity index (χ2n) is 9.75. The molecule has 2 aromatic rings. The van der Waals surface area contributed by atoms with Crippen molar-refractivity contribution in [2.45, 2.75) is 39.3 Å². The average molecular weight is 568 g/mol. The normalized spacial score (nSPS) is 20.8. The summed E-state index contributed by atoms with van der Waals surface area (Å²) in [7, 11) is 0. The lowest BCUT2D eigenvalue weighted by Crippen LogP contribution is -2.49. The zero-order valence-corrected chi connectivity index (χ0v) is 23.6. The highest BCUT2D eigenvalue weighted by Gasteiger charge is 2.36. The monoisotopic (exact) mass is 567 g/mol. The number of anilines is 2. The van der Waals surface area contributed by atoms with E-state index in [1.165, 1.54) is 17.8 Å². The molecule has 204 valence electrons. The van der Waals surface area contributed by atoms with Crippen LogP contribution in [0.25, 0.3) is 6.08 Å². The van der Waals surface area contributed by atoms with Gasteiger partial charge in [-0.05, 0) is 50.5 Å². The average Bonchev–Trinajstić information content (AvgIpc) is 3.55. The lowest BCUT2D eigenvalue weighted by molar-refractivity contribution is -0.123. The van der Waals surface area contributed by atoms with E-state index in [1.54, 1.807) is 34.6 Å². The summed E-state index contributed by atoms with van der Waals surface area (Å²) >= 11 is 6.77. The molecular weight excluding hydrogens is 537 g/mol. The summed E-state index contributed by atoms with van der Waals surface area (Å²) in [5, 5.41) is 9.83. The van der Waals surface area contributed by atoms with E-state index in [4.69, 9.17) is 17.0 Å². The number of hydrogen-bond acceptors (Lipinski definition) is 8. The molecule has 4 heterocycles. The fourth-order valence-electron chi connectivity index (χ4n) is 5.43. The van der Waals surface area contributed by atoms with Gasteiger partial charge in [-0.15, -0.1) is 0 Å². The molecule has 3 aliphatic rings. The van der Waals surface area contributed by atoms with Crippen LogP contribution < -0.4 is 15.4 Å². The van der Waals surface area contributed by atoms with Gasteiger partial charge in [0.15, 0.2) is 0 Å². The van der Waals surface area contributed by atoms with Crippen LogP contribution >= 0.6 is 24.0 Å². The fraction of sp³-hybridized carbons (Fsp3) is 0.429. The van der Waals surface area contributed by atoms with Gasteiger partial charge < -0.3 is 14.5 Å². The quantitative estimate of drug-likeness (QED) is 0.384. The first-order valence-electron chi connectivity index (χ1n) is 13.1. The number of thioether (sulfide) groups is 1. The predicted octanol–water partition coefficient (Wildman–Crippen LogP) is 3.89. The van der Waals surface area contributed by atoms with Crippen molar-refractivity contribution in [3.8, 4) is 6.07 Å². The van der Waals surface area contributed by atoms with E-state index in [2.05, 4.69) is 11.0 Å². The molecule has 1 amide bonds. The first-order valence-corrected chi connectivity index (χ1v) is 14.3. The number of para-hydroxylation sites is 1. The van der Waals surface area contributed by atoms with E-state index in [1.807, 2.05) is 17.9 Å². The van der Waals surface area contributed by atoms with Crippen molar-refractivity contribution in [3.05, 3.63) is 62.0 Å². The minimum absolute atomic E-state index is 0.0258. The number of pyridine rings is 1. The third-order valence-electron chi connectivity index (χ3n) is 7.49. The van der Waals surface area contributed by atoms with Gasteiger partial charge >= 0.3 is 0 Å². The number of carbonyl (C=O) groups is 1. The van der Waals surface area contributed by atoms with Crippen molar-refractivity contribution in [1.82, 2.24) is 9.47 Å². The Bertz CT molecular complexity index is 1440. The molecule has 0 bridgehead atoms. The van der Waals surface area contributed by atoms with Gasteiger partial charge in [0.05, 0.1) is 23.2 Å². The standard InChI is InChI=1S/C28H30FN5O3S2/c1-3-33-25(32-12-10-31(11-13-32)23-9-5-4-8-22(23)29)20(18(2)21(16-30)26(33)35)15-24-27(36)34(28(38)39-24)17-19-7-6-14-37-19/h4-5,8-9,15,19H,3,6-7,10-14,17H2,1-2H3/b24-15+. The highest BCUT2D eigenvalue weighted by atomic mass is 32.2. The van der Waals surface area contributed by atoms with Gasteiger partial charge in [-0.25, -0.2) is 4.39 Å². The van der Waals surface area contributed by atoms with E-state index >= 15 is 0 Å². The van der Waals surface area contributed by atoms with E-state index in [0.717, 1.165) is 12.8 Å². The largest absolute Gasteiger partial charge is 0.376 e. The van der Waals surface area contributed by atoms with Crippen molar-refractivity contribution in [2.24, 2.45) is 0 Å². The Hall–Kier alpha value is -3.20. The minimum Gasteiger partial charge on any atom is -0.376 e. The Morgan fingerprint density at radius 2 is 1.92 bits per heavy atom. The number of aromatic nitrogens is 1. The number of piperazine rings is 1. The van der Waals surface area contributed by atoms with Crippen molar-refractivity contribution in [1.29, 1.82) is 5.26 Å². The van der Waals surface area contributed by atoms with Crippen LogP contribution in [-0.2, 0) is 16.1 Å². The van der Waals surface area contributed by atoms with E-state index < -0.39 is 0 Å². The number of thiocarbonyl (C=S) groups is 1. The van der Waals surface area contributed by atoms with Gasteiger partial charge in [0.2, 0.25) is 0 Å². The number of amides is 1. The molecule has 3 aliphatic heterocycles. The number of ether oxygens (including phenoxy) is 1. The number of hydrogen-bond donors (Lipinski definition) is 0. The van der Waals surface area contributed by atoms with Gasteiger partial charge in [-0.3, -0.25) is 19.1 Å². The van der Waals surface area contributed by atoms with Crippen LogP contribution in [0.4, 0.5) is 15.9 Å². The summed E-state index contributed by atoms with van der Waals surface area (Å²) in [4.78, 5) is 32.9. The number of nitrogens with zero attached hydrogens (tertiary/aromatic N) is 5. The molecule has 1 atom stereocenters. The molecule has 0 aliphatic carbocycles. The Kier molecular flexibility index (Phi) is 8.07. The summed E-state index contributed by atoms with van der Waals surface area (Å²) in [6.45, 7) is 7.28. The second kappa shape index (κ2) is 11.5. The van der Waals surface area contributed by atoms with Gasteiger partial charge in [-0.2, -0.15) is 5.26 Å². The summed E-state index contributed by atoms with van der Waals surface area (Å²) in [6, 6.07) is 8.78. The number of nitriles is 1. The Labute approximate surface area is 236 Å². The van der Waals surface area contributed by atoms with Crippen molar-refractivity contribution >= 4 is 51.8 Å². The molecule has 39 heavy (non-hydrogen) atoms. The molecule has 5 rings (SSSR count). The molecule has 1 aromatic carbocycles. The highest BCUT2D eigenvalue weighted by molar-refractivity contribution is 8.26. The maximum absolute atomic E-state index is 14.4. The van der Waals surface area contributed by atoms with Gasteiger partial charge in [0.25, 0.3) is 11.5 Å². The zero-order valence-electron chi connectivity index (χ0n) is 22.0. The highest BCUT2D eigenvalue weighted by Crippen LogP contribution is 2.37. The van der Waals surface area contributed by atoms with Crippen LogP contribution in [-0.4, -0.2) is 65.1 Å². The van der Waals surface area contributed by atoms with Gasteiger partial charge in [-0.1, -0.05) is 36.1 Å². The topological polar surface area (TPSA) is 81.8 Å². The van der Waals surface area contributed by atoms with E-state index in [0.29, 0.717) is 77.7 Å². The van der Waals surface area contributed by atoms with E-state index in [9.17, 15) is 19.2 Å². The third-order valence-corrected chi connectivity index (χ3v) is 8.87. The van der Waals surface area contributed by atoms with Crippen molar-refractivity contribution in [3.63, 3.8) is 0 Å². The van der Waals surface area contributed by atoms with Crippen LogP contribution in [0.1, 0.15) is 36.5 Å². The molecule has 1 aromatic heterocycles. The van der Waals surface area contributed by atoms with Crippen LogP contribution in [0.3, 0.4) is 0 Å². The molecule has 8 nitrogen and oxygen atoms in total. The summed E-state index contributed by atoms with van der Waals surface area (Å²) in [6.07, 6.45) is 3.61. The van der Waals surface area contributed by atoms with Crippen LogP contribution in [0.5, 0.6) is 0 Å². The Morgan fingerprint density at radius 1 is 1.21 bits per heavy atom. The molecule has 1 unspecified atom stereocenters. The smallest absolute Gasteiger partial charge is 0.270 e. The number of benzene rings is 1. The molecule has 3 fully saturated rings. The van der Waals surface area contributed by atoms with E-state index in [-0.39, 0.29) is 29.0 Å². The number of rotatable bonds is 6. The molecule has 0 spiro atoms. The van der Waals surface area contributed by atoms with Crippen LogP contribution in [0.15, 0.2) is 34.0 Å². The summed E-state index contributed by atoms with van der Waals surface area (Å²) in [5.74, 6) is 0.205. The Morgan fingerprint density at radius 3 is 2.56 bits per heavy atom. The first-order chi connectivity index (χ1) is 18.8. The van der Waals surface area contributed by atoms with Gasteiger partial charge in [0.1, 0.15) is 27.6 Å². The summed E-state index contributed by atoms with van der Waals surface area (Å²) in [5.41, 5.74) is 1.45. The molecule has 0 saturated carbocycles. The molecule has 0 N–H and O–H groups in total. The molecule has 11 heteroatoms. The zero-order chi connectivity index (χ0) is 27.7. The second-order valence-corrected chi connectivity index (χ2v) is 11.4. The fourth-order valence-corrected chi connectivity index (χ4v) is 6.68. The van der Waals surface area contributed by atoms with Crippen molar-refractivity contribution in [2.75, 3.05) is 49.1 Å². The lowest BCUT2D eigenvalue weighted by Gasteiger charge is -2.39. The Balaban J connectivity index is 1.51. The molecule has 0 radical (unpaired) electrons.